The number of aromatic nitrogens is 1. The van der Waals surface area contributed by atoms with Crippen LogP contribution in [0.1, 0.15) is 19.4 Å². The van der Waals surface area contributed by atoms with Crippen LogP contribution in [0.2, 0.25) is 0 Å². The molecule has 0 aliphatic heterocycles. The molecule has 2 rings (SSSR count). The number of pyridine rings is 1. The quantitative estimate of drug-likeness (QED) is 0.298. The van der Waals surface area contributed by atoms with Crippen molar-refractivity contribution in [3.8, 4) is 5.75 Å². The van der Waals surface area contributed by atoms with Gasteiger partial charge in [-0.1, -0.05) is 6.07 Å². The smallest absolute Gasteiger partial charge is 0.308 e. The molecule has 0 saturated heterocycles. The van der Waals surface area contributed by atoms with E-state index in [0.29, 0.717) is 11.5 Å². The average Bonchev–Trinajstić information content (AvgIpc) is 2.54. The van der Waals surface area contributed by atoms with Crippen LogP contribution in [0.4, 0.5) is 0 Å². The molecule has 0 aliphatic carbocycles. The summed E-state index contributed by atoms with van der Waals surface area (Å²) in [6.45, 7) is 3.33. The van der Waals surface area contributed by atoms with Crippen molar-refractivity contribution < 1.29 is 18.9 Å². The molecular weight excluding hydrogens is 294 g/mol. The lowest BCUT2D eigenvalue weighted by Crippen LogP contribution is -2.41. The van der Waals surface area contributed by atoms with E-state index in [0.717, 1.165) is 5.56 Å². The molecule has 0 saturated carbocycles. The van der Waals surface area contributed by atoms with Gasteiger partial charge in [0.2, 0.25) is 6.54 Å². The fourth-order valence-corrected chi connectivity index (χ4v) is 1.88. The molecular formula is C17H18N3O3+. The van der Waals surface area contributed by atoms with Gasteiger partial charge < -0.3 is 4.74 Å². The highest BCUT2D eigenvalue weighted by Gasteiger charge is 2.07. The molecule has 1 N–H and O–H groups in total. The lowest BCUT2D eigenvalue weighted by molar-refractivity contribution is -0.684. The first kappa shape index (κ1) is 16.4. The minimum atomic E-state index is -0.367. The van der Waals surface area contributed by atoms with Crippen molar-refractivity contribution in [3.05, 3.63) is 60.4 Å². The van der Waals surface area contributed by atoms with Crippen molar-refractivity contribution in [2.45, 2.75) is 20.4 Å². The number of amides is 1. The highest BCUT2D eigenvalue weighted by atomic mass is 16.5. The number of nitrogens with one attached hydrogen (secondary N) is 1. The van der Waals surface area contributed by atoms with Gasteiger partial charge in [-0.2, -0.15) is 9.67 Å². The fourth-order valence-electron chi connectivity index (χ4n) is 1.88. The second-order valence-corrected chi connectivity index (χ2v) is 4.90. The van der Waals surface area contributed by atoms with E-state index in [1.54, 1.807) is 35.8 Å². The van der Waals surface area contributed by atoms with E-state index in [1.807, 2.05) is 30.6 Å². The Morgan fingerprint density at radius 2 is 1.74 bits per heavy atom. The van der Waals surface area contributed by atoms with Gasteiger partial charge in [-0.05, 0) is 36.8 Å². The first-order valence-corrected chi connectivity index (χ1v) is 7.10. The van der Waals surface area contributed by atoms with Crippen LogP contribution in [-0.4, -0.2) is 17.6 Å². The highest BCUT2D eigenvalue weighted by molar-refractivity contribution is 5.99. The van der Waals surface area contributed by atoms with Gasteiger partial charge in [-0.25, -0.2) is 5.43 Å². The molecule has 0 atom stereocenters. The summed E-state index contributed by atoms with van der Waals surface area (Å²) in [6, 6.07) is 12.5. The zero-order chi connectivity index (χ0) is 16.7. The summed E-state index contributed by atoms with van der Waals surface area (Å²) in [6.07, 6.45) is 3.62. The van der Waals surface area contributed by atoms with Crippen LogP contribution < -0.4 is 14.7 Å². The minimum absolute atomic E-state index is 0.197. The van der Waals surface area contributed by atoms with E-state index in [2.05, 4.69) is 10.5 Å². The van der Waals surface area contributed by atoms with Gasteiger partial charge in [-0.3, -0.25) is 9.59 Å². The standard InChI is InChI=1S/C17H17N3O3/c1-13(15-6-8-16(9-7-15)23-14(2)21)18-19-17(22)12-20-10-4-3-5-11-20/h3-11H,12H2,1-2H3/p+1/b18-13+. The van der Waals surface area contributed by atoms with Crippen molar-refractivity contribution in [3.63, 3.8) is 0 Å². The Labute approximate surface area is 134 Å². The van der Waals surface area contributed by atoms with E-state index >= 15 is 0 Å². The predicted octanol–water partition coefficient (Wildman–Crippen LogP) is 1.44. The van der Waals surface area contributed by atoms with Crippen LogP contribution in [0.15, 0.2) is 60.0 Å². The van der Waals surface area contributed by atoms with Crippen molar-refractivity contribution >= 4 is 17.6 Å². The molecule has 6 nitrogen and oxygen atoms in total. The highest BCUT2D eigenvalue weighted by Crippen LogP contribution is 2.12. The van der Waals surface area contributed by atoms with Crippen LogP contribution in [0.25, 0.3) is 0 Å². The van der Waals surface area contributed by atoms with E-state index < -0.39 is 0 Å². The number of hydrogen-bond donors (Lipinski definition) is 1. The first-order chi connectivity index (χ1) is 11.0. The van der Waals surface area contributed by atoms with E-state index in [-0.39, 0.29) is 18.4 Å². The summed E-state index contributed by atoms with van der Waals surface area (Å²) in [5.41, 5.74) is 4.00. The summed E-state index contributed by atoms with van der Waals surface area (Å²) in [4.78, 5) is 22.7. The predicted molar refractivity (Wildman–Crippen MR) is 84.7 cm³/mol. The lowest BCUT2D eigenvalue weighted by atomic mass is 10.1. The van der Waals surface area contributed by atoms with E-state index in [9.17, 15) is 9.59 Å². The number of benzene rings is 1. The third kappa shape index (κ3) is 5.35. The molecule has 0 radical (unpaired) electrons. The molecule has 6 heteroatoms. The Morgan fingerprint density at radius 1 is 1.09 bits per heavy atom. The lowest BCUT2D eigenvalue weighted by Gasteiger charge is -2.04. The molecule has 1 aromatic carbocycles. The molecule has 1 aromatic heterocycles. The third-order valence-electron chi connectivity index (χ3n) is 2.99. The summed E-state index contributed by atoms with van der Waals surface area (Å²) in [7, 11) is 0. The van der Waals surface area contributed by atoms with Crippen LogP contribution in [0.3, 0.4) is 0 Å². The second kappa shape index (κ2) is 7.84. The number of nitrogens with zero attached hydrogens (tertiary/aromatic N) is 2. The van der Waals surface area contributed by atoms with Gasteiger partial charge in [0.25, 0.3) is 0 Å². The van der Waals surface area contributed by atoms with E-state index in [1.165, 1.54) is 6.92 Å². The van der Waals surface area contributed by atoms with Gasteiger partial charge in [-0.15, -0.1) is 0 Å². The van der Waals surface area contributed by atoms with Crippen molar-refractivity contribution in [2.75, 3.05) is 0 Å². The molecule has 0 fully saturated rings. The molecule has 0 unspecified atom stereocenters. The van der Waals surface area contributed by atoms with Crippen LogP contribution >= 0.6 is 0 Å². The molecule has 1 heterocycles. The summed E-state index contributed by atoms with van der Waals surface area (Å²) in [5, 5.41) is 4.08. The number of esters is 1. The van der Waals surface area contributed by atoms with Crippen molar-refractivity contribution in [2.24, 2.45) is 5.10 Å². The Kier molecular flexibility index (Phi) is 5.57. The monoisotopic (exact) mass is 312 g/mol. The summed E-state index contributed by atoms with van der Waals surface area (Å²) >= 11 is 0. The van der Waals surface area contributed by atoms with Crippen LogP contribution in [0, 0.1) is 0 Å². The Hall–Kier alpha value is -3.02. The van der Waals surface area contributed by atoms with Crippen LogP contribution in [0.5, 0.6) is 5.75 Å². The van der Waals surface area contributed by atoms with Gasteiger partial charge >= 0.3 is 11.9 Å². The Balaban J connectivity index is 1.94. The SMILES string of the molecule is CC(=O)Oc1ccc(/C(C)=N/NC(=O)C[n+]2ccccc2)cc1. The molecule has 0 aliphatic rings. The van der Waals surface area contributed by atoms with Gasteiger partial charge in [0.15, 0.2) is 12.4 Å². The molecule has 2 aromatic rings. The zero-order valence-electron chi connectivity index (χ0n) is 13.0. The summed E-state index contributed by atoms with van der Waals surface area (Å²) < 4.78 is 6.72. The largest absolute Gasteiger partial charge is 0.427 e. The van der Waals surface area contributed by atoms with Crippen molar-refractivity contribution in [1.82, 2.24) is 5.43 Å². The topological polar surface area (TPSA) is 71.6 Å². The number of hydrogen-bond acceptors (Lipinski definition) is 4. The number of rotatable bonds is 5. The number of carbonyl (C=O) groups is 2. The maximum atomic E-state index is 11.8. The van der Waals surface area contributed by atoms with Gasteiger partial charge in [0.05, 0.1) is 5.71 Å². The maximum Gasteiger partial charge on any atom is 0.308 e. The minimum Gasteiger partial charge on any atom is -0.427 e. The fraction of sp³-hybridized carbons (Fsp3) is 0.176. The van der Waals surface area contributed by atoms with E-state index in [4.69, 9.17) is 4.74 Å². The average molecular weight is 312 g/mol. The Bertz CT molecular complexity index is 710. The van der Waals surface area contributed by atoms with Crippen LogP contribution in [-0.2, 0) is 16.1 Å². The number of hydrazone groups is 1. The summed E-state index contributed by atoms with van der Waals surface area (Å²) in [5.74, 6) is -0.107. The second-order valence-electron chi connectivity index (χ2n) is 4.90. The Morgan fingerprint density at radius 3 is 2.35 bits per heavy atom. The zero-order valence-corrected chi connectivity index (χ0v) is 13.0. The normalized spacial score (nSPS) is 11.0. The molecule has 23 heavy (non-hydrogen) atoms. The van der Waals surface area contributed by atoms with Gasteiger partial charge in [0, 0.05) is 19.1 Å². The van der Waals surface area contributed by atoms with Crippen molar-refractivity contribution in [1.29, 1.82) is 0 Å². The van der Waals surface area contributed by atoms with Gasteiger partial charge in [0.1, 0.15) is 5.75 Å². The third-order valence-corrected chi connectivity index (χ3v) is 2.99. The first-order valence-electron chi connectivity index (χ1n) is 7.10. The molecule has 1 amide bonds. The number of ether oxygens (including phenoxy) is 1. The maximum absolute atomic E-state index is 11.8. The molecule has 0 bridgehead atoms. The molecule has 118 valence electrons. The molecule has 0 spiro atoms. The number of carbonyl (C=O) groups excluding carboxylic acids is 2.